The molecule has 0 saturated carbocycles. The van der Waals surface area contributed by atoms with E-state index in [1.165, 1.54) is 0 Å². The molecule has 0 radical (unpaired) electrons. The maximum Gasteiger partial charge on any atom is 0.383 e. The zero-order chi connectivity index (χ0) is 16.2. The van der Waals surface area contributed by atoms with Crippen molar-refractivity contribution >= 4 is 18.3 Å². The highest BCUT2D eigenvalue weighted by atomic mass is 35.5. The number of hydrogen-bond donors (Lipinski definition) is 2. The van der Waals surface area contributed by atoms with Gasteiger partial charge in [-0.3, -0.25) is 4.79 Å². The minimum Gasteiger partial charge on any atom is -0.349 e. The Balaban J connectivity index is 0.00000441. The number of carbonyl (C=O) groups is 1. The summed E-state index contributed by atoms with van der Waals surface area (Å²) >= 11 is 0. The normalized spacial score (nSPS) is 13.0. The van der Waals surface area contributed by atoms with Crippen molar-refractivity contribution in [3.8, 4) is 0 Å². The Kier molecular flexibility index (Phi) is 7.83. The van der Waals surface area contributed by atoms with Crippen LogP contribution in [0.1, 0.15) is 36.9 Å². The van der Waals surface area contributed by atoms with Crippen molar-refractivity contribution in [3.05, 3.63) is 35.4 Å². The largest absolute Gasteiger partial charge is 0.383 e. The number of nitrogens with two attached hydrogens (primary N) is 1. The molecule has 22 heavy (non-hydrogen) atoms. The highest BCUT2D eigenvalue weighted by Gasteiger charge is 2.48. The first-order valence-corrected chi connectivity index (χ1v) is 6.46. The third-order valence-corrected chi connectivity index (χ3v) is 3.09. The lowest BCUT2D eigenvalue weighted by Gasteiger charge is -2.18. The molecule has 1 atom stereocenters. The van der Waals surface area contributed by atoms with Crippen LogP contribution in [0.2, 0.25) is 0 Å². The lowest BCUT2D eigenvalue weighted by molar-refractivity contribution is -0.169. The number of amides is 1. The Bertz CT molecular complexity index is 480. The average molecular weight is 343 g/mol. The van der Waals surface area contributed by atoms with Crippen LogP contribution in [0.25, 0.3) is 0 Å². The van der Waals surface area contributed by atoms with E-state index in [1.807, 2.05) is 26.0 Å². The van der Waals surface area contributed by atoms with Crippen LogP contribution in [0.15, 0.2) is 24.3 Å². The minimum atomic E-state index is -4.71. The van der Waals surface area contributed by atoms with Gasteiger partial charge in [-0.15, -0.1) is 12.4 Å². The average Bonchev–Trinajstić information content (AvgIpc) is 2.44. The van der Waals surface area contributed by atoms with Gasteiger partial charge in [0.25, 0.3) is 5.91 Å². The summed E-state index contributed by atoms with van der Waals surface area (Å²) in [5.41, 5.74) is 7.45. The Morgan fingerprint density at radius 2 is 1.64 bits per heavy atom. The van der Waals surface area contributed by atoms with E-state index in [1.54, 1.807) is 17.4 Å². The molecule has 1 aromatic rings. The summed E-state index contributed by atoms with van der Waals surface area (Å²) in [4.78, 5) is 11.0. The van der Waals surface area contributed by atoms with Crippen molar-refractivity contribution in [1.82, 2.24) is 5.32 Å². The molecule has 0 fully saturated rings. The van der Waals surface area contributed by atoms with Gasteiger partial charge in [-0.25, -0.2) is 8.78 Å². The molecular weight excluding hydrogens is 324 g/mol. The minimum absolute atomic E-state index is 0. The lowest BCUT2D eigenvalue weighted by Crippen LogP contribution is -2.47. The predicted octanol–water partition coefficient (Wildman–Crippen LogP) is 3.25. The first kappa shape index (κ1) is 20.7. The molecule has 1 aromatic carbocycles. The molecule has 1 unspecified atom stereocenters. The molecule has 1 amide bonds. The summed E-state index contributed by atoms with van der Waals surface area (Å²) in [7, 11) is 0. The highest BCUT2D eigenvalue weighted by molar-refractivity contribution is 5.85. The number of nitrogens with one attached hydrogen (secondary N) is 1. The van der Waals surface area contributed by atoms with Crippen LogP contribution < -0.4 is 11.1 Å². The van der Waals surface area contributed by atoms with Gasteiger partial charge in [-0.2, -0.15) is 8.78 Å². The molecule has 0 bridgehead atoms. The van der Waals surface area contributed by atoms with Crippen molar-refractivity contribution in [2.45, 2.75) is 38.2 Å². The van der Waals surface area contributed by atoms with Crippen LogP contribution in [-0.4, -0.2) is 24.8 Å². The highest BCUT2D eigenvalue weighted by Crippen LogP contribution is 2.23. The van der Waals surface area contributed by atoms with Crippen LogP contribution in [-0.2, 0) is 4.79 Å². The molecule has 0 saturated heterocycles. The van der Waals surface area contributed by atoms with Gasteiger partial charge < -0.3 is 11.1 Å². The Morgan fingerprint density at radius 1 is 1.18 bits per heavy atom. The molecule has 8 heteroatoms. The fourth-order valence-electron chi connectivity index (χ4n) is 1.67. The van der Waals surface area contributed by atoms with Gasteiger partial charge in [0.15, 0.2) is 0 Å². The second kappa shape index (κ2) is 8.33. The van der Waals surface area contributed by atoms with Gasteiger partial charge in [0, 0.05) is 12.6 Å². The van der Waals surface area contributed by atoms with E-state index < -0.39 is 24.3 Å². The predicted molar refractivity (Wildman–Crippen MR) is 78.7 cm³/mol. The molecule has 0 aliphatic rings. The van der Waals surface area contributed by atoms with Crippen molar-refractivity contribution in [1.29, 1.82) is 0 Å². The lowest BCUT2D eigenvalue weighted by atomic mass is 9.99. The molecule has 0 spiro atoms. The van der Waals surface area contributed by atoms with E-state index in [0.29, 0.717) is 11.5 Å². The van der Waals surface area contributed by atoms with Crippen LogP contribution in [0.3, 0.4) is 0 Å². The first-order valence-electron chi connectivity index (χ1n) is 6.46. The number of halogens is 5. The number of hydrogen-bond acceptors (Lipinski definition) is 2. The molecule has 0 aliphatic carbocycles. The number of carbonyl (C=O) groups excluding carboxylic acids is 1. The zero-order valence-electron chi connectivity index (χ0n) is 12.2. The summed E-state index contributed by atoms with van der Waals surface area (Å²) in [6.07, 6.45) is -4.04. The molecule has 126 valence electrons. The monoisotopic (exact) mass is 342 g/mol. The molecule has 0 aliphatic heterocycles. The quantitative estimate of drug-likeness (QED) is 0.780. The summed E-state index contributed by atoms with van der Waals surface area (Å²) in [6, 6.07) is 6.38. The van der Waals surface area contributed by atoms with E-state index in [2.05, 4.69) is 0 Å². The number of alkyl halides is 4. The van der Waals surface area contributed by atoms with Crippen LogP contribution in [0.4, 0.5) is 17.6 Å². The Morgan fingerprint density at radius 3 is 2.05 bits per heavy atom. The molecule has 3 N–H and O–H groups in total. The van der Waals surface area contributed by atoms with E-state index in [-0.39, 0.29) is 19.0 Å². The van der Waals surface area contributed by atoms with Gasteiger partial charge >= 0.3 is 12.3 Å². The summed E-state index contributed by atoms with van der Waals surface area (Å²) in [6.45, 7) is 3.69. The fraction of sp³-hybridized carbons (Fsp3) is 0.500. The van der Waals surface area contributed by atoms with Gasteiger partial charge in [-0.05, 0) is 17.0 Å². The maximum absolute atomic E-state index is 12.7. The van der Waals surface area contributed by atoms with E-state index in [4.69, 9.17) is 5.73 Å². The van der Waals surface area contributed by atoms with E-state index in [9.17, 15) is 22.4 Å². The van der Waals surface area contributed by atoms with Crippen LogP contribution >= 0.6 is 12.4 Å². The van der Waals surface area contributed by atoms with E-state index in [0.717, 1.165) is 5.56 Å². The van der Waals surface area contributed by atoms with Gasteiger partial charge in [-0.1, -0.05) is 38.1 Å². The second-order valence-corrected chi connectivity index (χ2v) is 5.06. The van der Waals surface area contributed by atoms with Gasteiger partial charge in [0.1, 0.15) is 0 Å². The third-order valence-electron chi connectivity index (χ3n) is 3.09. The third kappa shape index (κ3) is 5.14. The standard InChI is InChI=1S/C14H18F4N2O.ClH/c1-8(2)9-3-5-10(6-4-9)11(19)7-20-13(21)14(17,18)12(15)16;/h3-6,8,11-12H,7,19H2,1-2H3,(H,20,21);1H. The fourth-order valence-corrected chi connectivity index (χ4v) is 1.67. The second-order valence-electron chi connectivity index (χ2n) is 5.06. The maximum atomic E-state index is 12.7. The molecular formula is C14H19ClF4N2O. The van der Waals surface area contributed by atoms with E-state index >= 15 is 0 Å². The molecule has 1 rings (SSSR count). The summed E-state index contributed by atoms with van der Waals surface area (Å²) in [5, 5.41) is 1.75. The van der Waals surface area contributed by atoms with Gasteiger partial charge in [0.05, 0.1) is 0 Å². The molecule has 3 nitrogen and oxygen atoms in total. The summed E-state index contributed by atoms with van der Waals surface area (Å²) in [5.74, 6) is -6.40. The van der Waals surface area contributed by atoms with Crippen LogP contribution in [0.5, 0.6) is 0 Å². The van der Waals surface area contributed by atoms with Crippen molar-refractivity contribution in [3.63, 3.8) is 0 Å². The molecule has 0 aromatic heterocycles. The van der Waals surface area contributed by atoms with Crippen molar-refractivity contribution < 1.29 is 22.4 Å². The van der Waals surface area contributed by atoms with Crippen molar-refractivity contribution in [2.24, 2.45) is 5.73 Å². The van der Waals surface area contributed by atoms with Crippen LogP contribution in [0, 0.1) is 0 Å². The number of benzene rings is 1. The topological polar surface area (TPSA) is 55.1 Å². The Labute approximate surface area is 132 Å². The van der Waals surface area contributed by atoms with Crippen molar-refractivity contribution in [2.75, 3.05) is 6.54 Å². The smallest absolute Gasteiger partial charge is 0.349 e. The SMILES string of the molecule is CC(C)c1ccc(C(N)CNC(=O)C(F)(F)C(F)F)cc1.Cl. The van der Waals surface area contributed by atoms with Gasteiger partial charge in [0.2, 0.25) is 0 Å². The zero-order valence-corrected chi connectivity index (χ0v) is 13.0. The Hall–Kier alpha value is -1.34. The first-order chi connectivity index (χ1) is 9.66. The summed E-state index contributed by atoms with van der Waals surface area (Å²) < 4.78 is 49.4. The molecule has 0 heterocycles. The number of rotatable bonds is 6.